The number of furan rings is 1. The van der Waals surface area contributed by atoms with Gasteiger partial charge in [-0.3, -0.25) is 14.2 Å². The van der Waals surface area contributed by atoms with E-state index in [0.717, 1.165) is 36.1 Å². The topological polar surface area (TPSA) is 103 Å². The number of anilines is 1. The molecule has 5 rings (SSSR count). The number of hydrogen-bond acceptors (Lipinski definition) is 9. The summed E-state index contributed by atoms with van der Waals surface area (Å²) in [6, 6.07) is 3.48. The Bertz CT molecular complexity index is 1550. The van der Waals surface area contributed by atoms with Crippen molar-refractivity contribution in [3.8, 4) is 11.3 Å². The Balaban J connectivity index is 1.39. The summed E-state index contributed by atoms with van der Waals surface area (Å²) in [4.78, 5) is 46.0. The van der Waals surface area contributed by atoms with Gasteiger partial charge in [0, 0.05) is 22.4 Å². The Labute approximate surface area is 231 Å². The number of fused-ring (bicyclic) bond motifs is 3. The number of esters is 1. The number of aromatic nitrogens is 2. The molecule has 4 aromatic heterocycles. The van der Waals surface area contributed by atoms with Gasteiger partial charge in [0.1, 0.15) is 21.2 Å². The van der Waals surface area contributed by atoms with E-state index in [1.165, 1.54) is 40.7 Å². The zero-order valence-corrected chi connectivity index (χ0v) is 23.4. The van der Waals surface area contributed by atoms with Crippen LogP contribution in [-0.4, -0.2) is 33.8 Å². The number of carbonyl (C=O) groups excluding carboxylic acids is 2. The lowest BCUT2D eigenvalue weighted by Crippen LogP contribution is -2.24. The summed E-state index contributed by atoms with van der Waals surface area (Å²) < 4.78 is 12.3. The second kappa shape index (κ2) is 11.7. The van der Waals surface area contributed by atoms with Crippen LogP contribution >= 0.6 is 34.4 Å². The number of nitrogens with zero attached hydrogens (tertiary/aromatic N) is 2. The van der Waals surface area contributed by atoms with Crippen LogP contribution in [0.4, 0.5) is 5.00 Å². The predicted molar refractivity (Wildman–Crippen MR) is 153 cm³/mol. The molecule has 0 saturated heterocycles. The van der Waals surface area contributed by atoms with Gasteiger partial charge in [-0.2, -0.15) is 0 Å². The van der Waals surface area contributed by atoms with E-state index in [4.69, 9.17) is 14.1 Å². The molecule has 0 atom stereocenters. The minimum absolute atomic E-state index is 0.0103. The molecular formula is C27H27N3O5S3. The van der Waals surface area contributed by atoms with Crippen LogP contribution in [0.15, 0.2) is 50.8 Å². The SMILES string of the molecule is C=CCn1c(SCC(=O)Nc2scc(-c3ccco3)c2C(=O)OCC)nc2sc3c(c2c1=O)CCCCC3. The van der Waals surface area contributed by atoms with Gasteiger partial charge in [0.15, 0.2) is 5.16 Å². The Morgan fingerprint density at radius 1 is 1.32 bits per heavy atom. The Kier molecular flexibility index (Phi) is 8.15. The number of hydrogen-bond donors (Lipinski definition) is 1. The fraction of sp³-hybridized carbons (Fsp3) is 0.333. The summed E-state index contributed by atoms with van der Waals surface area (Å²) in [5, 5.41) is 6.16. The first-order valence-electron chi connectivity index (χ1n) is 12.4. The maximum atomic E-state index is 13.5. The number of allylic oxidation sites excluding steroid dienone is 1. The van der Waals surface area contributed by atoms with E-state index in [-0.39, 0.29) is 29.4 Å². The highest BCUT2D eigenvalue weighted by atomic mass is 32.2. The lowest BCUT2D eigenvalue weighted by atomic mass is 10.1. The molecule has 8 nitrogen and oxygen atoms in total. The van der Waals surface area contributed by atoms with Crippen LogP contribution in [0.2, 0.25) is 0 Å². The van der Waals surface area contributed by atoms with Crippen LogP contribution in [-0.2, 0) is 28.9 Å². The summed E-state index contributed by atoms with van der Waals surface area (Å²) in [5.74, 6) is -0.335. The number of rotatable bonds is 9. The normalized spacial score (nSPS) is 13.2. The third-order valence-corrected chi connectivity index (χ3v) is 9.30. The van der Waals surface area contributed by atoms with Crippen molar-refractivity contribution in [2.75, 3.05) is 17.7 Å². The van der Waals surface area contributed by atoms with Gasteiger partial charge in [0.25, 0.3) is 5.56 Å². The van der Waals surface area contributed by atoms with Crippen LogP contribution in [0.1, 0.15) is 47.0 Å². The van der Waals surface area contributed by atoms with Crippen molar-refractivity contribution in [2.24, 2.45) is 0 Å². The van der Waals surface area contributed by atoms with E-state index in [2.05, 4.69) is 11.9 Å². The van der Waals surface area contributed by atoms with Gasteiger partial charge in [-0.05, 0) is 50.3 Å². The zero-order valence-electron chi connectivity index (χ0n) is 20.9. The maximum absolute atomic E-state index is 13.5. The molecule has 0 saturated carbocycles. The maximum Gasteiger partial charge on any atom is 0.341 e. The van der Waals surface area contributed by atoms with E-state index in [1.54, 1.807) is 46.4 Å². The molecule has 0 radical (unpaired) electrons. The van der Waals surface area contributed by atoms with E-state index in [1.807, 2.05) is 0 Å². The van der Waals surface area contributed by atoms with Crippen molar-refractivity contribution in [1.29, 1.82) is 0 Å². The standard InChI is InChI=1S/C27H27N3O5S3/c1-3-12-30-25(32)21-16-9-6-5-7-11-19(16)38-24(21)29-27(30)37-15-20(31)28-23-22(26(33)34-4-2)17(14-36-23)18-10-8-13-35-18/h3,8,10,13-14H,1,4-7,9,11-12,15H2,2H3,(H,28,31). The molecule has 4 heterocycles. The van der Waals surface area contributed by atoms with Gasteiger partial charge >= 0.3 is 5.97 Å². The van der Waals surface area contributed by atoms with E-state index in [9.17, 15) is 14.4 Å². The van der Waals surface area contributed by atoms with Crippen LogP contribution in [0, 0.1) is 0 Å². The molecule has 0 bridgehead atoms. The van der Waals surface area contributed by atoms with Crippen molar-refractivity contribution in [1.82, 2.24) is 9.55 Å². The Morgan fingerprint density at radius 3 is 2.92 bits per heavy atom. The molecule has 1 aliphatic carbocycles. The molecule has 38 heavy (non-hydrogen) atoms. The summed E-state index contributed by atoms with van der Waals surface area (Å²) in [7, 11) is 0. The minimum Gasteiger partial charge on any atom is -0.464 e. The first-order valence-corrected chi connectivity index (χ1v) is 15.1. The number of ether oxygens (including phenoxy) is 1. The van der Waals surface area contributed by atoms with Gasteiger partial charge in [-0.15, -0.1) is 29.3 Å². The average molecular weight is 570 g/mol. The molecule has 1 aliphatic rings. The highest BCUT2D eigenvalue weighted by Gasteiger charge is 2.25. The number of amides is 1. The fourth-order valence-corrected chi connectivity index (χ4v) is 7.62. The predicted octanol–water partition coefficient (Wildman–Crippen LogP) is 6.14. The van der Waals surface area contributed by atoms with Gasteiger partial charge in [0.2, 0.25) is 5.91 Å². The van der Waals surface area contributed by atoms with Crippen LogP contribution in [0.3, 0.4) is 0 Å². The molecule has 0 aromatic carbocycles. The third kappa shape index (κ3) is 5.23. The quantitative estimate of drug-likeness (QED) is 0.0849. The molecule has 1 N–H and O–H groups in total. The first-order chi connectivity index (χ1) is 18.5. The van der Waals surface area contributed by atoms with Crippen molar-refractivity contribution in [2.45, 2.75) is 50.7 Å². The van der Waals surface area contributed by atoms with Crippen LogP contribution in [0.25, 0.3) is 21.5 Å². The highest BCUT2D eigenvalue weighted by molar-refractivity contribution is 7.99. The lowest BCUT2D eigenvalue weighted by molar-refractivity contribution is -0.113. The second-order valence-corrected chi connectivity index (χ2v) is 11.6. The molecule has 1 amide bonds. The molecule has 0 fully saturated rings. The number of thioether (sulfide) groups is 1. The van der Waals surface area contributed by atoms with Crippen molar-refractivity contribution >= 4 is 61.5 Å². The van der Waals surface area contributed by atoms with Crippen molar-refractivity contribution in [3.63, 3.8) is 0 Å². The molecule has 4 aromatic rings. The molecule has 0 aliphatic heterocycles. The van der Waals surface area contributed by atoms with Gasteiger partial charge in [-0.1, -0.05) is 24.3 Å². The van der Waals surface area contributed by atoms with Crippen LogP contribution in [0.5, 0.6) is 0 Å². The second-order valence-electron chi connectivity index (χ2n) is 8.73. The fourth-order valence-electron chi connectivity index (χ4n) is 4.56. The summed E-state index contributed by atoms with van der Waals surface area (Å²) in [5.41, 5.74) is 1.88. The van der Waals surface area contributed by atoms with E-state index in [0.29, 0.717) is 33.4 Å². The van der Waals surface area contributed by atoms with Gasteiger partial charge in [-0.25, -0.2) is 9.78 Å². The number of thiophene rings is 2. The Morgan fingerprint density at radius 2 is 2.16 bits per heavy atom. The highest BCUT2D eigenvalue weighted by Crippen LogP contribution is 2.37. The summed E-state index contributed by atoms with van der Waals surface area (Å²) in [6.45, 7) is 6.04. The van der Waals surface area contributed by atoms with E-state index < -0.39 is 5.97 Å². The lowest BCUT2D eigenvalue weighted by Gasteiger charge is -2.11. The van der Waals surface area contributed by atoms with Crippen molar-refractivity contribution in [3.05, 3.63) is 62.8 Å². The minimum atomic E-state index is -0.535. The zero-order chi connectivity index (χ0) is 26.6. The molecule has 0 spiro atoms. The van der Waals surface area contributed by atoms with Gasteiger partial charge < -0.3 is 14.5 Å². The average Bonchev–Trinajstić information content (AvgIpc) is 3.61. The van der Waals surface area contributed by atoms with Crippen molar-refractivity contribution < 1.29 is 18.7 Å². The number of carbonyl (C=O) groups is 2. The summed E-state index contributed by atoms with van der Waals surface area (Å²) in [6.07, 6.45) is 8.44. The number of aryl methyl sites for hydroxylation is 2. The van der Waals surface area contributed by atoms with Crippen LogP contribution < -0.4 is 10.9 Å². The molecule has 11 heteroatoms. The smallest absolute Gasteiger partial charge is 0.341 e. The largest absolute Gasteiger partial charge is 0.464 e. The van der Waals surface area contributed by atoms with E-state index >= 15 is 0 Å². The first kappa shape index (κ1) is 26.5. The monoisotopic (exact) mass is 569 g/mol. The van der Waals surface area contributed by atoms with Gasteiger partial charge in [0.05, 0.1) is 24.0 Å². The Hall–Kier alpha value is -3.15. The molecular weight excluding hydrogens is 543 g/mol. The third-order valence-electron chi connectivity index (χ3n) is 6.24. The molecule has 0 unspecified atom stereocenters. The molecule has 198 valence electrons. The summed E-state index contributed by atoms with van der Waals surface area (Å²) >= 11 is 4.01. The number of nitrogens with one attached hydrogen (secondary N) is 1.